The summed E-state index contributed by atoms with van der Waals surface area (Å²) in [4.78, 5) is 11.7. The fraction of sp³-hybridized carbons (Fsp3) is 0.615. The van der Waals surface area contributed by atoms with E-state index in [-0.39, 0.29) is 5.91 Å². The van der Waals surface area contributed by atoms with Crippen molar-refractivity contribution >= 4 is 17.5 Å². The van der Waals surface area contributed by atoms with Gasteiger partial charge >= 0.3 is 0 Å². The Morgan fingerprint density at radius 1 is 1.28 bits per heavy atom. The molecule has 1 heterocycles. The van der Waals surface area contributed by atoms with Crippen LogP contribution in [0.3, 0.4) is 0 Å². The van der Waals surface area contributed by atoms with Gasteiger partial charge in [0.1, 0.15) is 5.82 Å². The molecule has 0 saturated carbocycles. The van der Waals surface area contributed by atoms with Gasteiger partial charge in [-0.1, -0.05) is 27.7 Å². The number of rotatable bonds is 4. The highest BCUT2D eigenvalue weighted by molar-refractivity contribution is 5.93. The summed E-state index contributed by atoms with van der Waals surface area (Å²) in [5.41, 5.74) is -0.435. The molecular weight excluding hydrogens is 228 g/mol. The molecule has 100 valence electrons. The molecule has 1 unspecified atom stereocenters. The highest BCUT2D eigenvalue weighted by Crippen LogP contribution is 2.16. The molecule has 0 aliphatic heterocycles. The van der Waals surface area contributed by atoms with Gasteiger partial charge in [-0.3, -0.25) is 4.79 Å². The van der Waals surface area contributed by atoms with E-state index in [9.17, 15) is 4.79 Å². The average molecular weight is 250 g/mol. The van der Waals surface area contributed by atoms with Gasteiger partial charge in [-0.25, -0.2) is 0 Å². The number of nitrogens with one attached hydrogen (secondary N) is 2. The zero-order chi connectivity index (χ0) is 13.8. The Morgan fingerprint density at radius 3 is 2.28 bits per heavy atom. The van der Waals surface area contributed by atoms with E-state index in [1.165, 1.54) is 0 Å². The van der Waals surface area contributed by atoms with Crippen LogP contribution >= 0.6 is 0 Å². The van der Waals surface area contributed by atoms with Gasteiger partial charge in [0.2, 0.25) is 5.91 Å². The number of hydrogen-bond donors (Lipinski definition) is 2. The van der Waals surface area contributed by atoms with Crippen LogP contribution in [0.5, 0.6) is 0 Å². The number of amides is 1. The van der Waals surface area contributed by atoms with Crippen LogP contribution in [-0.4, -0.2) is 22.1 Å². The third-order valence-corrected chi connectivity index (χ3v) is 2.59. The monoisotopic (exact) mass is 250 g/mol. The maximum Gasteiger partial charge on any atom is 0.230 e. The summed E-state index contributed by atoms with van der Waals surface area (Å²) >= 11 is 0. The van der Waals surface area contributed by atoms with Gasteiger partial charge in [0.25, 0.3) is 0 Å². The summed E-state index contributed by atoms with van der Waals surface area (Å²) in [6.45, 7) is 9.75. The molecule has 1 amide bonds. The first kappa shape index (κ1) is 14.4. The molecule has 0 saturated heterocycles. The van der Waals surface area contributed by atoms with Crippen molar-refractivity contribution in [1.82, 2.24) is 10.2 Å². The SMILES string of the molecule is CCC(C)Nc1ccc(NC(=O)C(C)(C)C)nn1. The van der Waals surface area contributed by atoms with Gasteiger partial charge in [-0.05, 0) is 25.5 Å². The first-order valence-corrected chi connectivity index (χ1v) is 6.24. The second-order valence-electron chi connectivity index (χ2n) is 5.46. The Morgan fingerprint density at radius 2 is 1.83 bits per heavy atom. The third-order valence-electron chi connectivity index (χ3n) is 2.59. The van der Waals surface area contributed by atoms with Gasteiger partial charge in [0, 0.05) is 11.5 Å². The number of hydrogen-bond acceptors (Lipinski definition) is 4. The smallest absolute Gasteiger partial charge is 0.230 e. The van der Waals surface area contributed by atoms with E-state index < -0.39 is 5.41 Å². The van der Waals surface area contributed by atoms with Crippen molar-refractivity contribution in [2.24, 2.45) is 5.41 Å². The average Bonchev–Trinajstić information content (AvgIpc) is 2.30. The van der Waals surface area contributed by atoms with Crippen molar-refractivity contribution in [3.05, 3.63) is 12.1 Å². The number of carbonyl (C=O) groups excluding carboxylic acids is 1. The van der Waals surface area contributed by atoms with E-state index in [4.69, 9.17) is 0 Å². The fourth-order valence-corrected chi connectivity index (χ4v) is 1.13. The molecule has 0 radical (unpaired) electrons. The van der Waals surface area contributed by atoms with Crippen molar-refractivity contribution in [1.29, 1.82) is 0 Å². The Balaban J connectivity index is 2.63. The summed E-state index contributed by atoms with van der Waals surface area (Å²) in [7, 11) is 0. The van der Waals surface area contributed by atoms with Crippen LogP contribution in [0.1, 0.15) is 41.0 Å². The molecule has 1 atom stereocenters. The van der Waals surface area contributed by atoms with Crippen molar-refractivity contribution in [2.45, 2.75) is 47.1 Å². The van der Waals surface area contributed by atoms with Gasteiger partial charge in [-0.15, -0.1) is 10.2 Å². The third kappa shape index (κ3) is 4.31. The molecule has 1 aromatic rings. The minimum atomic E-state index is -0.435. The Labute approximate surface area is 108 Å². The first-order chi connectivity index (χ1) is 8.32. The maximum absolute atomic E-state index is 11.7. The van der Waals surface area contributed by atoms with Gasteiger partial charge in [0.15, 0.2) is 5.82 Å². The largest absolute Gasteiger partial charge is 0.366 e. The summed E-state index contributed by atoms with van der Waals surface area (Å²) in [5.74, 6) is 1.13. The molecule has 0 aliphatic rings. The maximum atomic E-state index is 11.7. The standard InChI is InChI=1S/C13H22N4O/c1-6-9(2)14-10-7-8-11(17-16-10)15-12(18)13(3,4)5/h7-9H,6H2,1-5H3,(H,14,16)(H,15,17,18). The second-order valence-corrected chi connectivity index (χ2v) is 5.46. The van der Waals surface area contributed by atoms with E-state index in [0.29, 0.717) is 11.9 Å². The molecule has 0 aromatic carbocycles. The quantitative estimate of drug-likeness (QED) is 0.862. The summed E-state index contributed by atoms with van der Waals surface area (Å²) in [6.07, 6.45) is 1.02. The lowest BCUT2D eigenvalue weighted by atomic mass is 9.96. The molecule has 5 heteroatoms. The molecule has 1 aromatic heterocycles. The molecule has 0 aliphatic carbocycles. The lowest BCUT2D eigenvalue weighted by Gasteiger charge is -2.17. The second kappa shape index (κ2) is 5.80. The van der Waals surface area contributed by atoms with Crippen molar-refractivity contribution in [2.75, 3.05) is 10.6 Å². The van der Waals surface area contributed by atoms with E-state index in [1.54, 1.807) is 6.07 Å². The minimum absolute atomic E-state index is 0.0700. The van der Waals surface area contributed by atoms with E-state index in [2.05, 4.69) is 34.7 Å². The molecule has 2 N–H and O–H groups in total. The lowest BCUT2D eigenvalue weighted by Crippen LogP contribution is -2.28. The van der Waals surface area contributed by atoms with Crippen molar-refractivity contribution < 1.29 is 4.79 Å². The zero-order valence-electron chi connectivity index (χ0n) is 11.7. The van der Waals surface area contributed by atoms with E-state index >= 15 is 0 Å². The van der Waals surface area contributed by atoms with Crippen molar-refractivity contribution in [3.8, 4) is 0 Å². The van der Waals surface area contributed by atoms with Crippen molar-refractivity contribution in [3.63, 3.8) is 0 Å². The molecule has 5 nitrogen and oxygen atoms in total. The first-order valence-electron chi connectivity index (χ1n) is 6.24. The van der Waals surface area contributed by atoms with Crippen LogP contribution in [-0.2, 0) is 4.79 Å². The molecule has 0 spiro atoms. The van der Waals surface area contributed by atoms with Gasteiger partial charge in [0.05, 0.1) is 0 Å². The van der Waals surface area contributed by atoms with Gasteiger partial charge < -0.3 is 10.6 Å². The molecule has 18 heavy (non-hydrogen) atoms. The highest BCUT2D eigenvalue weighted by atomic mass is 16.2. The normalized spacial score (nSPS) is 12.9. The lowest BCUT2D eigenvalue weighted by molar-refractivity contribution is -0.123. The van der Waals surface area contributed by atoms with Crippen LogP contribution in [0, 0.1) is 5.41 Å². The van der Waals surface area contributed by atoms with E-state index in [0.717, 1.165) is 12.2 Å². The fourth-order valence-electron chi connectivity index (χ4n) is 1.13. The zero-order valence-corrected chi connectivity index (χ0v) is 11.7. The number of carbonyl (C=O) groups is 1. The number of nitrogens with zero attached hydrogens (tertiary/aromatic N) is 2. The van der Waals surface area contributed by atoms with Crippen LogP contribution in [0.4, 0.5) is 11.6 Å². The number of anilines is 2. The van der Waals surface area contributed by atoms with Gasteiger partial charge in [-0.2, -0.15) is 0 Å². The molecule has 1 rings (SSSR count). The number of aromatic nitrogens is 2. The molecule has 0 bridgehead atoms. The predicted molar refractivity (Wildman–Crippen MR) is 73.5 cm³/mol. The van der Waals surface area contributed by atoms with Crippen LogP contribution in [0.25, 0.3) is 0 Å². The van der Waals surface area contributed by atoms with E-state index in [1.807, 2.05) is 26.8 Å². The predicted octanol–water partition coefficient (Wildman–Crippen LogP) is 2.67. The summed E-state index contributed by atoms with van der Waals surface area (Å²) in [6, 6.07) is 3.92. The Kier molecular flexibility index (Phi) is 4.64. The minimum Gasteiger partial charge on any atom is -0.366 e. The Bertz CT molecular complexity index is 394. The van der Waals surface area contributed by atoms with Crippen LogP contribution in [0.2, 0.25) is 0 Å². The highest BCUT2D eigenvalue weighted by Gasteiger charge is 2.21. The van der Waals surface area contributed by atoms with Crippen LogP contribution in [0.15, 0.2) is 12.1 Å². The van der Waals surface area contributed by atoms with Crippen LogP contribution < -0.4 is 10.6 Å². The summed E-state index contributed by atoms with van der Waals surface area (Å²) in [5, 5.41) is 14.0. The Hall–Kier alpha value is -1.65. The summed E-state index contributed by atoms with van der Waals surface area (Å²) < 4.78 is 0. The topological polar surface area (TPSA) is 66.9 Å². The molecular formula is C13H22N4O. The molecule has 0 fully saturated rings.